The van der Waals surface area contributed by atoms with Crippen LogP contribution in [-0.2, 0) is 4.79 Å². The molecule has 1 radical (unpaired) electrons. The molecule has 0 aliphatic heterocycles. The summed E-state index contributed by atoms with van der Waals surface area (Å²) in [4.78, 5) is 9.25. The van der Waals surface area contributed by atoms with E-state index in [0.29, 0.717) is 0 Å². The molecule has 0 saturated heterocycles. The van der Waals surface area contributed by atoms with E-state index in [1.54, 1.807) is 0 Å². The molecule has 0 bridgehead atoms. The van der Waals surface area contributed by atoms with Gasteiger partial charge in [-0.15, -0.1) is 0 Å². The number of carbonyl (C=O) groups excluding carboxylic acids is 1. The summed E-state index contributed by atoms with van der Waals surface area (Å²) in [6, 6.07) is 0. The third-order valence-corrected chi connectivity index (χ3v) is 0.260. The zero-order valence-corrected chi connectivity index (χ0v) is 3.14. The van der Waals surface area contributed by atoms with Gasteiger partial charge in [0.1, 0.15) is 0 Å². The largest absolute Gasteiger partial charge is 0.309 e. The monoisotopic (exact) mass is 82.0 g/mol. The van der Waals surface area contributed by atoms with Crippen LogP contribution < -0.4 is 0 Å². The normalized spacial score (nSPS) is 8.67. The molecule has 0 heterocycles. The zero-order valence-electron chi connectivity index (χ0n) is 3.14. The second-order valence-electron chi connectivity index (χ2n) is 0.644. The molecule has 0 spiro atoms. The highest BCUT2D eigenvalue weighted by atomic mass is 16.1. The molecule has 0 aliphatic rings. The molecule has 6 heavy (non-hydrogen) atoms. The fourth-order valence-corrected chi connectivity index (χ4v) is 0.0874. The van der Waals surface area contributed by atoms with Gasteiger partial charge in [-0.2, -0.15) is 0 Å². The van der Waals surface area contributed by atoms with Crippen LogP contribution in [0, 0.1) is 5.41 Å². The van der Waals surface area contributed by atoms with E-state index < -0.39 is 0 Å². The molecule has 0 fully saturated rings. The van der Waals surface area contributed by atoms with Crippen LogP contribution in [0.15, 0.2) is 12.2 Å². The summed E-state index contributed by atoms with van der Waals surface area (Å²) < 4.78 is 0. The summed E-state index contributed by atoms with van der Waals surface area (Å²) in [5.41, 5.74) is 0. The van der Waals surface area contributed by atoms with Crippen molar-refractivity contribution in [2.75, 3.05) is 0 Å². The van der Waals surface area contributed by atoms with E-state index in [2.05, 4.69) is 0 Å². The van der Waals surface area contributed by atoms with Gasteiger partial charge in [0.25, 0.3) is 0 Å². The molecule has 0 aromatic heterocycles. The summed E-state index contributed by atoms with van der Waals surface area (Å²) in [6.45, 7) is 0. The number of rotatable bonds is 2. The van der Waals surface area contributed by atoms with E-state index in [-0.39, 0.29) is 0 Å². The molecule has 0 saturated carbocycles. The van der Waals surface area contributed by atoms with Gasteiger partial charge in [0, 0.05) is 6.21 Å². The van der Waals surface area contributed by atoms with E-state index in [1.807, 2.05) is 0 Å². The maximum Gasteiger partial charge on any atom is 0.225 e. The molecular weight excluding hydrogens is 78.0 g/mol. The lowest BCUT2D eigenvalue weighted by atomic mass is 10.6. The number of allylic oxidation sites excluding steroid dienone is 2. The Bertz CT molecular complexity index is 65.6. The molecule has 0 unspecified atom stereocenters. The average Bonchev–Trinajstić information content (AvgIpc) is 1.61. The van der Waals surface area contributed by atoms with Crippen molar-refractivity contribution in [3.8, 4) is 0 Å². The van der Waals surface area contributed by atoms with Crippen LogP contribution in [0.2, 0.25) is 0 Å². The molecule has 0 aromatic rings. The van der Waals surface area contributed by atoms with Gasteiger partial charge >= 0.3 is 0 Å². The molecule has 2 heteroatoms. The van der Waals surface area contributed by atoms with E-state index in [4.69, 9.17) is 5.41 Å². The van der Waals surface area contributed by atoms with Crippen LogP contribution in [0.5, 0.6) is 0 Å². The lowest BCUT2D eigenvalue weighted by Crippen LogP contribution is -1.58. The topological polar surface area (TPSA) is 40.9 Å². The Balaban J connectivity index is 3.17. The summed E-state index contributed by atoms with van der Waals surface area (Å²) in [6.07, 6.45) is 4.94. The molecule has 0 amide bonds. The quantitative estimate of drug-likeness (QED) is 0.378. The maximum absolute atomic E-state index is 9.25. The van der Waals surface area contributed by atoms with Crippen LogP contribution in [0.3, 0.4) is 0 Å². The number of hydrogen-bond acceptors (Lipinski definition) is 2. The van der Waals surface area contributed by atoms with Gasteiger partial charge in [-0.25, -0.2) is 0 Å². The average molecular weight is 82.1 g/mol. The standard InChI is InChI=1S/C4H4NO/c5-3-1-2-4-6/h1-3,5H. The fraction of sp³-hybridized carbons (Fsp3) is 0. The number of nitrogens with one attached hydrogen (secondary N) is 1. The second-order valence-corrected chi connectivity index (χ2v) is 0.644. The van der Waals surface area contributed by atoms with Crippen LogP contribution in [0.25, 0.3) is 0 Å². The highest BCUT2D eigenvalue weighted by molar-refractivity contribution is 5.77. The van der Waals surface area contributed by atoms with Gasteiger partial charge in [-0.05, 0) is 12.2 Å². The fourth-order valence-electron chi connectivity index (χ4n) is 0.0874. The van der Waals surface area contributed by atoms with Crippen molar-refractivity contribution >= 4 is 12.5 Å². The first-order valence-electron chi connectivity index (χ1n) is 1.45. The predicted molar refractivity (Wildman–Crippen MR) is 23.6 cm³/mol. The molecule has 0 aliphatic carbocycles. The third kappa shape index (κ3) is 3.08. The third-order valence-electron chi connectivity index (χ3n) is 0.260. The Morgan fingerprint density at radius 2 is 2.33 bits per heavy atom. The number of hydrogen-bond donors (Lipinski definition) is 1. The zero-order chi connectivity index (χ0) is 4.83. The first-order chi connectivity index (χ1) is 2.91. The molecule has 31 valence electrons. The van der Waals surface area contributed by atoms with Crippen molar-refractivity contribution in [2.24, 2.45) is 0 Å². The summed E-state index contributed by atoms with van der Waals surface area (Å²) in [7, 11) is 0. The van der Waals surface area contributed by atoms with Crippen LogP contribution >= 0.6 is 0 Å². The first kappa shape index (κ1) is 5.08. The molecule has 0 rings (SSSR count). The van der Waals surface area contributed by atoms with E-state index in [0.717, 1.165) is 12.3 Å². The van der Waals surface area contributed by atoms with Crippen LogP contribution in [0.1, 0.15) is 0 Å². The Hall–Kier alpha value is -0.920. The van der Waals surface area contributed by atoms with Crippen molar-refractivity contribution < 1.29 is 4.79 Å². The maximum atomic E-state index is 9.25. The SMILES string of the molecule is N=CC=C[C]=O. The first-order valence-corrected chi connectivity index (χ1v) is 1.45. The minimum atomic E-state index is 1.02. The van der Waals surface area contributed by atoms with Crippen molar-refractivity contribution in [2.45, 2.75) is 0 Å². The molecule has 2 nitrogen and oxygen atoms in total. The lowest BCUT2D eigenvalue weighted by molar-refractivity contribution is 0.564. The molecular formula is C4H4NO. The van der Waals surface area contributed by atoms with E-state index in [9.17, 15) is 4.79 Å². The van der Waals surface area contributed by atoms with Crippen LogP contribution in [0.4, 0.5) is 0 Å². The van der Waals surface area contributed by atoms with Gasteiger partial charge in [-0.1, -0.05) is 0 Å². The van der Waals surface area contributed by atoms with E-state index >= 15 is 0 Å². The highest BCUT2D eigenvalue weighted by Crippen LogP contribution is 1.54. The summed E-state index contributed by atoms with van der Waals surface area (Å²) in [5, 5.41) is 6.32. The Kier molecular flexibility index (Phi) is 3.45. The van der Waals surface area contributed by atoms with E-state index in [1.165, 1.54) is 12.4 Å². The van der Waals surface area contributed by atoms with Gasteiger partial charge in [0.2, 0.25) is 6.29 Å². The van der Waals surface area contributed by atoms with Gasteiger partial charge in [0.15, 0.2) is 0 Å². The second kappa shape index (κ2) is 4.08. The van der Waals surface area contributed by atoms with Crippen molar-refractivity contribution in [3.05, 3.63) is 12.2 Å². The van der Waals surface area contributed by atoms with Gasteiger partial charge in [-0.3, -0.25) is 4.79 Å². The summed E-state index contributed by atoms with van der Waals surface area (Å²) in [5.74, 6) is 0. The summed E-state index contributed by atoms with van der Waals surface area (Å²) >= 11 is 0. The van der Waals surface area contributed by atoms with Crippen molar-refractivity contribution in [1.82, 2.24) is 0 Å². The Morgan fingerprint density at radius 1 is 1.67 bits per heavy atom. The van der Waals surface area contributed by atoms with Crippen molar-refractivity contribution in [1.29, 1.82) is 5.41 Å². The lowest BCUT2D eigenvalue weighted by Gasteiger charge is -1.54. The highest BCUT2D eigenvalue weighted by Gasteiger charge is 1.56. The molecule has 1 N–H and O–H groups in total. The van der Waals surface area contributed by atoms with Gasteiger partial charge < -0.3 is 5.41 Å². The molecule has 0 aromatic carbocycles. The van der Waals surface area contributed by atoms with Crippen LogP contribution in [-0.4, -0.2) is 12.5 Å². The minimum Gasteiger partial charge on any atom is -0.309 e. The molecule has 0 atom stereocenters. The minimum absolute atomic E-state index is 1.02. The Morgan fingerprint density at radius 3 is 2.50 bits per heavy atom. The van der Waals surface area contributed by atoms with Gasteiger partial charge in [0.05, 0.1) is 0 Å². The Labute approximate surface area is 36.0 Å². The smallest absolute Gasteiger partial charge is 0.225 e. The van der Waals surface area contributed by atoms with Crippen molar-refractivity contribution in [3.63, 3.8) is 0 Å². The predicted octanol–water partition coefficient (Wildman–Crippen LogP) is 0.302.